The molecule has 0 aliphatic rings. The molecule has 0 saturated carbocycles. The molecule has 0 spiro atoms. The highest BCUT2D eigenvalue weighted by atomic mass is 16.5. The van der Waals surface area contributed by atoms with E-state index in [1.807, 2.05) is 48.5 Å². The van der Waals surface area contributed by atoms with E-state index in [0.717, 1.165) is 22.3 Å². The van der Waals surface area contributed by atoms with E-state index in [1.165, 1.54) is 0 Å². The van der Waals surface area contributed by atoms with Crippen molar-refractivity contribution < 1.29 is 4.74 Å². The molecule has 5 heteroatoms. The lowest BCUT2D eigenvalue weighted by molar-refractivity contribution is 0.417. The zero-order valence-corrected chi connectivity index (χ0v) is 11.0. The van der Waals surface area contributed by atoms with Crippen LogP contribution in [0.5, 0.6) is 5.75 Å². The summed E-state index contributed by atoms with van der Waals surface area (Å²) in [5.41, 5.74) is 7.39. The van der Waals surface area contributed by atoms with Crippen molar-refractivity contribution in [2.24, 2.45) is 0 Å². The highest BCUT2D eigenvalue weighted by Gasteiger charge is 2.08. The third-order valence-electron chi connectivity index (χ3n) is 2.98. The molecule has 0 radical (unpaired) electrons. The lowest BCUT2D eigenvalue weighted by atomic mass is 10.2. The molecule has 3 aromatic rings. The summed E-state index contributed by atoms with van der Waals surface area (Å²) in [5, 5.41) is 4.16. The number of nitrogens with zero attached hydrogens (tertiary/aromatic N) is 2. The largest absolute Gasteiger partial charge is 0.495 e. The highest BCUT2D eigenvalue weighted by molar-refractivity contribution is 5.92. The van der Waals surface area contributed by atoms with Crippen molar-refractivity contribution in [3.8, 4) is 5.75 Å². The fourth-order valence-electron chi connectivity index (χ4n) is 2.07. The van der Waals surface area contributed by atoms with Crippen LogP contribution in [0.25, 0.3) is 10.9 Å². The number of hydrogen-bond acceptors (Lipinski definition) is 5. The number of benzene rings is 2. The van der Waals surface area contributed by atoms with E-state index < -0.39 is 0 Å². The molecule has 0 unspecified atom stereocenters. The van der Waals surface area contributed by atoms with Gasteiger partial charge in [-0.1, -0.05) is 24.3 Å². The summed E-state index contributed by atoms with van der Waals surface area (Å²) in [5.74, 6) is 1.65. The predicted molar refractivity (Wildman–Crippen MR) is 80.2 cm³/mol. The first-order valence-corrected chi connectivity index (χ1v) is 6.20. The van der Waals surface area contributed by atoms with Gasteiger partial charge < -0.3 is 15.8 Å². The molecule has 20 heavy (non-hydrogen) atoms. The van der Waals surface area contributed by atoms with Gasteiger partial charge in [0, 0.05) is 5.39 Å². The van der Waals surface area contributed by atoms with Crippen LogP contribution >= 0.6 is 0 Å². The minimum Gasteiger partial charge on any atom is -0.495 e. The molecule has 2 aromatic carbocycles. The molecule has 100 valence electrons. The minimum absolute atomic E-state index is 0.237. The van der Waals surface area contributed by atoms with Crippen molar-refractivity contribution in [2.75, 3.05) is 18.2 Å². The number of nitrogen functional groups attached to an aromatic ring is 1. The van der Waals surface area contributed by atoms with Gasteiger partial charge in [0.25, 0.3) is 0 Å². The van der Waals surface area contributed by atoms with Gasteiger partial charge in [-0.15, -0.1) is 0 Å². The van der Waals surface area contributed by atoms with Gasteiger partial charge in [-0.25, -0.2) is 4.98 Å². The van der Waals surface area contributed by atoms with Crippen molar-refractivity contribution >= 4 is 28.4 Å². The average molecular weight is 266 g/mol. The van der Waals surface area contributed by atoms with Crippen molar-refractivity contribution in [1.29, 1.82) is 0 Å². The Balaban J connectivity index is 2.10. The molecule has 3 N–H and O–H groups in total. The minimum atomic E-state index is 0.237. The topological polar surface area (TPSA) is 73.1 Å². The molecule has 5 nitrogen and oxygen atoms in total. The van der Waals surface area contributed by atoms with Gasteiger partial charge in [0.15, 0.2) is 0 Å². The summed E-state index contributed by atoms with van der Waals surface area (Å²) in [4.78, 5) is 8.49. The summed E-state index contributed by atoms with van der Waals surface area (Å²) in [6.07, 6.45) is 0. The molecule has 0 aliphatic heterocycles. The van der Waals surface area contributed by atoms with Crippen LogP contribution in [0.15, 0.2) is 48.5 Å². The molecular weight excluding hydrogens is 252 g/mol. The third-order valence-corrected chi connectivity index (χ3v) is 2.98. The zero-order valence-electron chi connectivity index (χ0n) is 11.0. The van der Waals surface area contributed by atoms with E-state index in [-0.39, 0.29) is 5.95 Å². The maximum absolute atomic E-state index is 5.76. The van der Waals surface area contributed by atoms with Crippen LogP contribution in [0.1, 0.15) is 0 Å². The number of aromatic nitrogens is 2. The molecule has 1 aromatic heterocycles. The molecule has 0 aliphatic carbocycles. The van der Waals surface area contributed by atoms with Crippen LogP contribution in [0, 0.1) is 0 Å². The van der Waals surface area contributed by atoms with E-state index in [0.29, 0.717) is 5.82 Å². The Morgan fingerprint density at radius 3 is 2.60 bits per heavy atom. The van der Waals surface area contributed by atoms with Crippen LogP contribution in [0.4, 0.5) is 17.5 Å². The molecule has 0 atom stereocenters. The number of para-hydroxylation sites is 3. The molecular formula is C15H14N4O. The number of rotatable bonds is 3. The zero-order chi connectivity index (χ0) is 13.9. The summed E-state index contributed by atoms with van der Waals surface area (Å²) < 4.78 is 5.32. The monoisotopic (exact) mass is 266 g/mol. The van der Waals surface area contributed by atoms with Gasteiger partial charge in [-0.05, 0) is 24.3 Å². The maximum atomic E-state index is 5.76. The lowest BCUT2D eigenvalue weighted by Gasteiger charge is -2.12. The van der Waals surface area contributed by atoms with Gasteiger partial charge >= 0.3 is 0 Å². The van der Waals surface area contributed by atoms with Gasteiger partial charge in [0.2, 0.25) is 5.95 Å². The Kier molecular flexibility index (Phi) is 3.09. The Bertz CT molecular complexity index is 758. The Hall–Kier alpha value is -2.82. The van der Waals surface area contributed by atoms with Gasteiger partial charge in [-0.2, -0.15) is 4.98 Å². The normalized spacial score (nSPS) is 10.4. The molecule has 1 heterocycles. The van der Waals surface area contributed by atoms with Crippen LogP contribution in [-0.4, -0.2) is 17.1 Å². The molecule has 0 saturated heterocycles. The summed E-state index contributed by atoms with van der Waals surface area (Å²) in [7, 11) is 1.63. The summed E-state index contributed by atoms with van der Waals surface area (Å²) in [6, 6.07) is 15.4. The smallest absolute Gasteiger partial charge is 0.222 e. The van der Waals surface area contributed by atoms with Gasteiger partial charge in [0.05, 0.1) is 18.3 Å². The fraction of sp³-hybridized carbons (Fsp3) is 0.0667. The van der Waals surface area contributed by atoms with Gasteiger partial charge in [0.1, 0.15) is 11.6 Å². The first-order chi connectivity index (χ1) is 9.78. The molecule has 0 amide bonds. The number of anilines is 3. The second-order valence-corrected chi connectivity index (χ2v) is 4.27. The quantitative estimate of drug-likeness (QED) is 0.762. The molecule has 0 fully saturated rings. The third kappa shape index (κ3) is 2.21. The lowest BCUT2D eigenvalue weighted by Crippen LogP contribution is -2.02. The van der Waals surface area contributed by atoms with E-state index in [4.69, 9.17) is 10.5 Å². The summed E-state index contributed by atoms with van der Waals surface area (Å²) >= 11 is 0. The van der Waals surface area contributed by atoms with Crippen molar-refractivity contribution in [2.45, 2.75) is 0 Å². The number of ether oxygens (including phenoxy) is 1. The van der Waals surface area contributed by atoms with Crippen LogP contribution in [0.2, 0.25) is 0 Å². The number of hydrogen-bond donors (Lipinski definition) is 2. The number of nitrogens with two attached hydrogens (primary N) is 1. The number of methoxy groups -OCH3 is 1. The first kappa shape index (κ1) is 12.2. The second-order valence-electron chi connectivity index (χ2n) is 4.27. The fourth-order valence-corrected chi connectivity index (χ4v) is 2.07. The maximum Gasteiger partial charge on any atom is 0.222 e. The average Bonchev–Trinajstić information content (AvgIpc) is 2.47. The van der Waals surface area contributed by atoms with E-state index in [1.54, 1.807) is 7.11 Å². The Morgan fingerprint density at radius 1 is 1.00 bits per heavy atom. The Morgan fingerprint density at radius 2 is 1.75 bits per heavy atom. The van der Waals surface area contributed by atoms with E-state index in [2.05, 4.69) is 15.3 Å². The Labute approximate surface area is 116 Å². The van der Waals surface area contributed by atoms with E-state index in [9.17, 15) is 0 Å². The van der Waals surface area contributed by atoms with Crippen LogP contribution in [-0.2, 0) is 0 Å². The van der Waals surface area contributed by atoms with Crippen LogP contribution in [0.3, 0.4) is 0 Å². The number of fused-ring (bicyclic) bond motifs is 1. The van der Waals surface area contributed by atoms with Gasteiger partial charge in [-0.3, -0.25) is 0 Å². The van der Waals surface area contributed by atoms with Crippen LogP contribution < -0.4 is 15.8 Å². The summed E-state index contributed by atoms with van der Waals surface area (Å²) in [6.45, 7) is 0. The van der Waals surface area contributed by atoms with Crippen molar-refractivity contribution in [3.63, 3.8) is 0 Å². The second kappa shape index (κ2) is 5.05. The highest BCUT2D eigenvalue weighted by Crippen LogP contribution is 2.29. The van der Waals surface area contributed by atoms with Crippen molar-refractivity contribution in [3.05, 3.63) is 48.5 Å². The van der Waals surface area contributed by atoms with E-state index >= 15 is 0 Å². The molecule has 0 bridgehead atoms. The molecule has 3 rings (SSSR count). The van der Waals surface area contributed by atoms with Crippen molar-refractivity contribution in [1.82, 2.24) is 9.97 Å². The SMILES string of the molecule is COc1ccccc1Nc1nc(N)nc2ccccc12. The standard InChI is InChI=1S/C15H14N4O/c1-20-13-9-5-4-8-12(13)17-14-10-6-2-3-7-11(10)18-15(16)19-14/h2-9H,1H3,(H3,16,17,18,19). The number of nitrogens with one attached hydrogen (secondary N) is 1. The predicted octanol–water partition coefficient (Wildman–Crippen LogP) is 2.96. The first-order valence-electron chi connectivity index (χ1n) is 6.20.